The molecule has 1 N–H and O–H groups in total. The van der Waals surface area contributed by atoms with Gasteiger partial charge in [0.1, 0.15) is 5.75 Å². The van der Waals surface area contributed by atoms with Crippen molar-refractivity contribution in [2.24, 2.45) is 0 Å². The first kappa shape index (κ1) is 8.30. The summed E-state index contributed by atoms with van der Waals surface area (Å²) in [5, 5.41) is 12.3. The monoisotopic (exact) mass is 191 g/mol. The average Bonchev–Trinajstić information content (AvgIpc) is 2.72. The first-order valence-electron chi connectivity index (χ1n) is 3.72. The summed E-state index contributed by atoms with van der Waals surface area (Å²) in [6.07, 6.45) is 2.99. The van der Waals surface area contributed by atoms with Crippen molar-refractivity contribution in [3.63, 3.8) is 0 Å². The second-order valence-corrected chi connectivity index (χ2v) is 2.31. The van der Waals surface area contributed by atoms with E-state index in [0.29, 0.717) is 5.75 Å². The molecule has 0 fully saturated rings. The highest BCUT2D eigenvalue weighted by Gasteiger charge is 2.12. The lowest BCUT2D eigenvalue weighted by atomic mass is 10.5. The van der Waals surface area contributed by atoms with Gasteiger partial charge in [-0.25, -0.2) is 4.79 Å². The van der Waals surface area contributed by atoms with Crippen LogP contribution in [0.2, 0.25) is 0 Å². The molecular weight excluding hydrogens is 186 g/mol. The lowest BCUT2D eigenvalue weighted by Gasteiger charge is -1.98. The van der Waals surface area contributed by atoms with Crippen LogP contribution in [0, 0.1) is 0 Å². The van der Waals surface area contributed by atoms with Gasteiger partial charge in [0.25, 0.3) is 5.82 Å². The highest BCUT2D eigenvalue weighted by atomic mass is 16.5. The molecule has 0 aromatic carbocycles. The number of carbonyl (C=O) groups excluding carboxylic acids is 1. The Hall–Kier alpha value is -2.31. The fraction of sp³-hybridized carbons (Fsp3) is 0. The van der Waals surface area contributed by atoms with Gasteiger partial charge in [-0.3, -0.25) is 4.98 Å². The predicted molar refractivity (Wildman–Crippen MR) is 43.4 cm³/mol. The van der Waals surface area contributed by atoms with Gasteiger partial charge < -0.3 is 4.74 Å². The third kappa shape index (κ3) is 1.71. The molecule has 0 saturated carbocycles. The molecule has 0 amide bonds. The zero-order valence-electron chi connectivity index (χ0n) is 6.91. The Morgan fingerprint density at radius 3 is 3.07 bits per heavy atom. The summed E-state index contributed by atoms with van der Waals surface area (Å²) in [7, 11) is 0. The SMILES string of the molecule is O=C(Oc1cccnc1)c1nn[nH]n1. The largest absolute Gasteiger partial charge is 0.419 e. The van der Waals surface area contributed by atoms with Crippen molar-refractivity contribution in [2.45, 2.75) is 0 Å². The molecule has 14 heavy (non-hydrogen) atoms. The number of aromatic amines is 1. The molecule has 2 heterocycles. The molecule has 0 radical (unpaired) electrons. The minimum absolute atomic E-state index is 0.117. The number of ether oxygens (including phenoxy) is 1. The fourth-order valence-corrected chi connectivity index (χ4v) is 0.808. The maximum Gasteiger partial charge on any atom is 0.385 e. The van der Waals surface area contributed by atoms with Crippen molar-refractivity contribution in [1.82, 2.24) is 25.6 Å². The molecule has 0 aliphatic heterocycles. The number of carbonyl (C=O) groups is 1. The molecular formula is C7H5N5O2. The number of hydrogen-bond acceptors (Lipinski definition) is 6. The van der Waals surface area contributed by atoms with Crippen LogP contribution in [0.3, 0.4) is 0 Å². The van der Waals surface area contributed by atoms with E-state index in [9.17, 15) is 4.79 Å². The molecule has 2 aromatic rings. The van der Waals surface area contributed by atoms with E-state index in [4.69, 9.17) is 4.74 Å². The van der Waals surface area contributed by atoms with Crippen molar-refractivity contribution in [1.29, 1.82) is 0 Å². The number of H-pyrrole nitrogens is 1. The summed E-state index contributed by atoms with van der Waals surface area (Å²) in [6, 6.07) is 3.25. The molecule has 0 atom stereocenters. The Balaban J connectivity index is 2.10. The zero-order valence-corrected chi connectivity index (χ0v) is 6.91. The summed E-state index contributed by atoms with van der Waals surface area (Å²) >= 11 is 0. The summed E-state index contributed by atoms with van der Waals surface area (Å²) in [5.74, 6) is -0.456. The number of aromatic nitrogens is 5. The smallest absolute Gasteiger partial charge is 0.385 e. The molecule has 7 nitrogen and oxygen atoms in total. The van der Waals surface area contributed by atoms with Crippen LogP contribution in [0.5, 0.6) is 5.75 Å². The topological polar surface area (TPSA) is 93.6 Å². The normalized spacial score (nSPS) is 9.71. The van der Waals surface area contributed by atoms with E-state index in [1.54, 1.807) is 18.3 Å². The van der Waals surface area contributed by atoms with E-state index in [0.717, 1.165) is 0 Å². The molecule has 0 bridgehead atoms. The second kappa shape index (κ2) is 3.60. The molecule has 0 saturated heterocycles. The quantitative estimate of drug-likeness (QED) is 0.661. The Kier molecular flexibility index (Phi) is 2.14. The molecule has 0 aliphatic rings. The van der Waals surface area contributed by atoms with E-state index in [-0.39, 0.29) is 5.82 Å². The number of pyridine rings is 1. The summed E-state index contributed by atoms with van der Waals surface area (Å²) < 4.78 is 4.87. The van der Waals surface area contributed by atoms with Crippen LogP contribution in [-0.2, 0) is 0 Å². The Morgan fingerprint density at radius 1 is 1.50 bits per heavy atom. The van der Waals surface area contributed by atoms with Gasteiger partial charge in [-0.15, -0.1) is 10.2 Å². The van der Waals surface area contributed by atoms with Gasteiger partial charge in [0, 0.05) is 6.20 Å². The maximum absolute atomic E-state index is 11.2. The van der Waals surface area contributed by atoms with Crippen LogP contribution in [0.15, 0.2) is 24.5 Å². The van der Waals surface area contributed by atoms with Crippen LogP contribution in [0.1, 0.15) is 10.6 Å². The Labute approximate surface area is 78.1 Å². The van der Waals surface area contributed by atoms with Crippen LogP contribution in [0.4, 0.5) is 0 Å². The first-order chi connectivity index (χ1) is 6.86. The van der Waals surface area contributed by atoms with Crippen LogP contribution in [0.25, 0.3) is 0 Å². The molecule has 7 heteroatoms. The number of nitrogens with zero attached hydrogens (tertiary/aromatic N) is 4. The minimum atomic E-state index is -0.674. The second-order valence-electron chi connectivity index (χ2n) is 2.31. The zero-order chi connectivity index (χ0) is 9.80. The average molecular weight is 191 g/mol. The highest BCUT2D eigenvalue weighted by molar-refractivity contribution is 5.86. The molecule has 2 rings (SSSR count). The fourth-order valence-electron chi connectivity index (χ4n) is 0.808. The maximum atomic E-state index is 11.2. The third-order valence-electron chi connectivity index (χ3n) is 1.37. The lowest BCUT2D eigenvalue weighted by Crippen LogP contribution is -2.10. The molecule has 0 aliphatic carbocycles. The molecule has 2 aromatic heterocycles. The Morgan fingerprint density at radius 2 is 2.43 bits per heavy atom. The number of nitrogens with one attached hydrogen (secondary N) is 1. The van der Waals surface area contributed by atoms with Gasteiger partial charge in [-0.2, -0.15) is 5.21 Å². The van der Waals surface area contributed by atoms with Crippen molar-refractivity contribution in [3.05, 3.63) is 30.4 Å². The van der Waals surface area contributed by atoms with E-state index in [1.807, 2.05) is 0 Å². The van der Waals surface area contributed by atoms with Crippen LogP contribution < -0.4 is 4.74 Å². The molecule has 0 unspecified atom stereocenters. The minimum Gasteiger partial charge on any atom is -0.419 e. The van der Waals surface area contributed by atoms with Crippen LogP contribution in [-0.4, -0.2) is 31.6 Å². The number of tetrazole rings is 1. The number of rotatable bonds is 2. The van der Waals surface area contributed by atoms with E-state index < -0.39 is 5.97 Å². The first-order valence-corrected chi connectivity index (χ1v) is 3.72. The summed E-state index contributed by atoms with van der Waals surface area (Å²) in [6.45, 7) is 0. The van der Waals surface area contributed by atoms with Crippen LogP contribution >= 0.6 is 0 Å². The third-order valence-corrected chi connectivity index (χ3v) is 1.37. The van der Waals surface area contributed by atoms with E-state index in [2.05, 4.69) is 25.6 Å². The van der Waals surface area contributed by atoms with Gasteiger partial charge >= 0.3 is 5.97 Å². The van der Waals surface area contributed by atoms with Crippen molar-refractivity contribution >= 4 is 5.97 Å². The highest BCUT2D eigenvalue weighted by Crippen LogP contribution is 2.07. The lowest BCUT2D eigenvalue weighted by molar-refractivity contribution is 0.0721. The van der Waals surface area contributed by atoms with E-state index >= 15 is 0 Å². The van der Waals surface area contributed by atoms with Crippen molar-refractivity contribution in [3.8, 4) is 5.75 Å². The van der Waals surface area contributed by atoms with Gasteiger partial charge in [0.2, 0.25) is 0 Å². The van der Waals surface area contributed by atoms with Crippen molar-refractivity contribution < 1.29 is 9.53 Å². The summed E-state index contributed by atoms with van der Waals surface area (Å²) in [4.78, 5) is 15.0. The van der Waals surface area contributed by atoms with Gasteiger partial charge in [0.05, 0.1) is 6.20 Å². The number of esters is 1. The number of hydrogen-bond donors (Lipinski definition) is 1. The predicted octanol–water partition coefficient (Wildman–Crippen LogP) is -0.186. The van der Waals surface area contributed by atoms with E-state index in [1.165, 1.54) is 6.20 Å². The van der Waals surface area contributed by atoms with Gasteiger partial charge in [-0.1, -0.05) is 0 Å². The Bertz CT molecular complexity index is 413. The van der Waals surface area contributed by atoms with Crippen molar-refractivity contribution in [2.75, 3.05) is 0 Å². The molecule has 0 spiro atoms. The summed E-state index contributed by atoms with van der Waals surface area (Å²) in [5.41, 5.74) is 0. The standard InChI is InChI=1S/C7H5N5O2/c13-7(6-9-11-12-10-6)14-5-2-1-3-8-4-5/h1-4H,(H,9,10,11,12). The van der Waals surface area contributed by atoms with Gasteiger partial charge in [0.15, 0.2) is 0 Å². The molecule has 70 valence electrons. The van der Waals surface area contributed by atoms with Gasteiger partial charge in [-0.05, 0) is 17.3 Å².